The van der Waals surface area contributed by atoms with Gasteiger partial charge in [-0.3, -0.25) is 0 Å². The van der Waals surface area contributed by atoms with Crippen LogP contribution in [0.2, 0.25) is 0 Å². The van der Waals surface area contributed by atoms with Crippen LogP contribution in [0.5, 0.6) is 5.75 Å². The minimum atomic E-state index is 0.236. The molecular formula is C23H28O. The molecule has 2 aromatic carbocycles. The molecule has 2 aromatic rings. The van der Waals surface area contributed by atoms with Crippen LogP contribution >= 0.6 is 0 Å². The molecule has 0 unspecified atom stereocenters. The Balaban J connectivity index is 2.03. The molecule has 3 rings (SSSR count). The maximum Gasteiger partial charge on any atom is 0.115 e. The summed E-state index contributed by atoms with van der Waals surface area (Å²) in [6, 6.07) is 14.3. The van der Waals surface area contributed by atoms with Gasteiger partial charge in [-0.1, -0.05) is 64.1 Å². The summed E-state index contributed by atoms with van der Waals surface area (Å²) in [5.74, 6) is 0.308. The van der Waals surface area contributed by atoms with Crippen LogP contribution in [0.25, 0.3) is 11.6 Å². The van der Waals surface area contributed by atoms with E-state index in [0.717, 1.165) is 5.56 Å². The standard InChI is InChI=1S/C23H28O/c1-16(14-17-6-9-19(24)10-7-17)18-8-11-20-21(15-18)23(4,5)13-12-22(20,2)3/h6-11,14-15,24H,12-13H2,1-5H3. The Kier molecular flexibility index (Phi) is 4.07. The van der Waals surface area contributed by atoms with E-state index in [1.54, 1.807) is 12.1 Å². The van der Waals surface area contributed by atoms with Crippen molar-refractivity contribution < 1.29 is 5.11 Å². The average molecular weight is 320 g/mol. The van der Waals surface area contributed by atoms with Gasteiger partial charge in [0, 0.05) is 0 Å². The first-order valence-corrected chi connectivity index (χ1v) is 8.82. The van der Waals surface area contributed by atoms with E-state index in [2.05, 4.69) is 58.9 Å². The molecule has 0 radical (unpaired) electrons. The molecule has 126 valence electrons. The molecule has 24 heavy (non-hydrogen) atoms. The Labute approximate surface area is 146 Å². The van der Waals surface area contributed by atoms with Gasteiger partial charge >= 0.3 is 0 Å². The zero-order chi connectivity index (χ0) is 17.5. The van der Waals surface area contributed by atoms with Crippen molar-refractivity contribution in [3.63, 3.8) is 0 Å². The molecule has 0 fully saturated rings. The quantitative estimate of drug-likeness (QED) is 0.644. The summed E-state index contributed by atoms with van der Waals surface area (Å²) in [6.07, 6.45) is 4.66. The Hall–Kier alpha value is -2.02. The van der Waals surface area contributed by atoms with E-state index in [4.69, 9.17) is 0 Å². The maximum absolute atomic E-state index is 9.43. The third-order valence-electron chi connectivity index (χ3n) is 5.58. The summed E-state index contributed by atoms with van der Waals surface area (Å²) >= 11 is 0. The highest BCUT2D eigenvalue weighted by Crippen LogP contribution is 2.46. The van der Waals surface area contributed by atoms with Crippen LogP contribution in [0.3, 0.4) is 0 Å². The number of rotatable bonds is 2. The van der Waals surface area contributed by atoms with Crippen molar-refractivity contribution in [2.75, 3.05) is 0 Å². The Morgan fingerprint density at radius 3 is 2.08 bits per heavy atom. The van der Waals surface area contributed by atoms with Crippen LogP contribution in [-0.4, -0.2) is 5.11 Å². The fourth-order valence-corrected chi connectivity index (χ4v) is 3.74. The molecule has 0 spiro atoms. The van der Waals surface area contributed by atoms with Crippen molar-refractivity contribution in [1.29, 1.82) is 0 Å². The third kappa shape index (κ3) is 3.13. The molecule has 1 heteroatoms. The molecular weight excluding hydrogens is 292 g/mol. The van der Waals surface area contributed by atoms with Crippen LogP contribution in [-0.2, 0) is 10.8 Å². The smallest absolute Gasteiger partial charge is 0.115 e. The summed E-state index contributed by atoms with van der Waals surface area (Å²) in [6.45, 7) is 11.6. The van der Waals surface area contributed by atoms with Crippen LogP contribution in [0, 0.1) is 0 Å². The predicted molar refractivity (Wildman–Crippen MR) is 103 cm³/mol. The van der Waals surface area contributed by atoms with Gasteiger partial charge in [0.15, 0.2) is 0 Å². The van der Waals surface area contributed by atoms with Gasteiger partial charge in [-0.05, 0) is 70.6 Å². The SMILES string of the molecule is CC(=Cc1ccc(O)cc1)c1ccc2c(c1)C(C)(C)CCC2(C)C. The summed E-state index contributed by atoms with van der Waals surface area (Å²) in [5.41, 5.74) is 7.14. The first kappa shape index (κ1) is 16.8. The fourth-order valence-electron chi connectivity index (χ4n) is 3.74. The van der Waals surface area contributed by atoms with Gasteiger partial charge in [0.05, 0.1) is 0 Å². The van der Waals surface area contributed by atoms with E-state index < -0.39 is 0 Å². The second-order valence-corrected chi connectivity index (χ2v) is 8.45. The lowest BCUT2D eigenvalue weighted by Crippen LogP contribution is -2.33. The highest BCUT2D eigenvalue weighted by atomic mass is 16.3. The van der Waals surface area contributed by atoms with Gasteiger partial charge in [0.2, 0.25) is 0 Å². The highest BCUT2D eigenvalue weighted by Gasteiger charge is 2.36. The van der Waals surface area contributed by atoms with Gasteiger partial charge in [-0.25, -0.2) is 0 Å². The van der Waals surface area contributed by atoms with E-state index in [9.17, 15) is 5.11 Å². The lowest BCUT2D eigenvalue weighted by atomic mass is 9.63. The van der Waals surface area contributed by atoms with E-state index in [0.29, 0.717) is 5.75 Å². The van der Waals surface area contributed by atoms with Crippen molar-refractivity contribution in [3.05, 3.63) is 64.7 Å². The second-order valence-electron chi connectivity index (χ2n) is 8.45. The zero-order valence-electron chi connectivity index (χ0n) is 15.5. The summed E-state index contributed by atoms with van der Waals surface area (Å²) in [7, 11) is 0. The van der Waals surface area contributed by atoms with Crippen LogP contribution in [0.15, 0.2) is 42.5 Å². The molecule has 0 saturated carbocycles. The molecule has 0 aliphatic heterocycles. The van der Waals surface area contributed by atoms with Gasteiger partial charge in [-0.2, -0.15) is 0 Å². The molecule has 0 amide bonds. The van der Waals surface area contributed by atoms with Gasteiger partial charge in [-0.15, -0.1) is 0 Å². The summed E-state index contributed by atoms with van der Waals surface area (Å²) < 4.78 is 0. The molecule has 0 atom stereocenters. The number of phenolic OH excluding ortho intramolecular Hbond substituents is 1. The lowest BCUT2D eigenvalue weighted by Gasteiger charge is -2.42. The number of benzene rings is 2. The number of phenols is 1. The highest BCUT2D eigenvalue weighted by molar-refractivity contribution is 5.80. The monoisotopic (exact) mass is 320 g/mol. The molecule has 1 aliphatic rings. The Morgan fingerprint density at radius 2 is 1.46 bits per heavy atom. The first-order chi connectivity index (χ1) is 11.2. The van der Waals surface area contributed by atoms with Crippen molar-refractivity contribution in [2.24, 2.45) is 0 Å². The van der Waals surface area contributed by atoms with Crippen molar-refractivity contribution in [2.45, 2.75) is 58.3 Å². The lowest BCUT2D eigenvalue weighted by molar-refractivity contribution is 0.332. The Morgan fingerprint density at radius 1 is 0.875 bits per heavy atom. The molecule has 0 heterocycles. The van der Waals surface area contributed by atoms with Crippen molar-refractivity contribution >= 4 is 11.6 Å². The van der Waals surface area contributed by atoms with E-state index in [-0.39, 0.29) is 10.8 Å². The number of allylic oxidation sites excluding steroid dienone is 1. The number of hydrogen-bond acceptors (Lipinski definition) is 1. The molecule has 0 saturated heterocycles. The Bertz CT molecular complexity index is 776. The third-order valence-corrected chi connectivity index (χ3v) is 5.58. The van der Waals surface area contributed by atoms with Crippen LogP contribution in [0.4, 0.5) is 0 Å². The topological polar surface area (TPSA) is 20.2 Å². The van der Waals surface area contributed by atoms with Crippen molar-refractivity contribution in [1.82, 2.24) is 0 Å². The van der Waals surface area contributed by atoms with Gasteiger partial charge < -0.3 is 5.11 Å². The van der Waals surface area contributed by atoms with Crippen LogP contribution in [0.1, 0.15) is 69.7 Å². The molecule has 0 aromatic heterocycles. The molecule has 1 aliphatic carbocycles. The van der Waals surface area contributed by atoms with E-state index in [1.807, 2.05) is 12.1 Å². The number of fused-ring (bicyclic) bond motifs is 1. The predicted octanol–water partition coefficient (Wildman–Crippen LogP) is 6.30. The van der Waals surface area contributed by atoms with Gasteiger partial charge in [0.1, 0.15) is 5.75 Å². The minimum absolute atomic E-state index is 0.236. The van der Waals surface area contributed by atoms with Gasteiger partial charge in [0.25, 0.3) is 0 Å². The fraction of sp³-hybridized carbons (Fsp3) is 0.391. The van der Waals surface area contributed by atoms with E-state index in [1.165, 1.54) is 35.1 Å². The van der Waals surface area contributed by atoms with E-state index >= 15 is 0 Å². The molecule has 0 bridgehead atoms. The largest absolute Gasteiger partial charge is 0.508 e. The minimum Gasteiger partial charge on any atom is -0.508 e. The molecule has 1 N–H and O–H groups in total. The average Bonchev–Trinajstić information content (AvgIpc) is 2.54. The second kappa shape index (κ2) is 5.81. The zero-order valence-corrected chi connectivity index (χ0v) is 15.5. The molecule has 1 nitrogen and oxygen atoms in total. The summed E-state index contributed by atoms with van der Waals surface area (Å²) in [4.78, 5) is 0. The van der Waals surface area contributed by atoms with Crippen LogP contribution < -0.4 is 0 Å². The first-order valence-electron chi connectivity index (χ1n) is 8.82. The number of hydrogen-bond donors (Lipinski definition) is 1. The maximum atomic E-state index is 9.43. The normalized spacial score (nSPS) is 19.0. The van der Waals surface area contributed by atoms with Crippen molar-refractivity contribution in [3.8, 4) is 5.75 Å². The number of aromatic hydroxyl groups is 1. The summed E-state index contributed by atoms with van der Waals surface area (Å²) in [5, 5.41) is 9.43.